The van der Waals surface area contributed by atoms with Gasteiger partial charge in [-0.2, -0.15) is 0 Å². The molecule has 0 saturated heterocycles. The Kier molecular flexibility index (Phi) is 3.39. The first-order valence-electron chi connectivity index (χ1n) is 2.88. The molecule has 0 amide bonds. The minimum atomic E-state index is -2.81. The SMILES string of the molecule is CC/C=C/C(F)(F)CN. The number of rotatable bonds is 3. The van der Waals surface area contributed by atoms with Crippen molar-refractivity contribution in [1.29, 1.82) is 0 Å². The van der Waals surface area contributed by atoms with Crippen LogP contribution in [0.2, 0.25) is 0 Å². The number of allylic oxidation sites excluding steroid dienone is 1. The minimum Gasteiger partial charge on any atom is -0.325 e. The Balaban J connectivity index is 3.70. The average Bonchev–Trinajstić information content (AvgIpc) is 1.84. The lowest BCUT2D eigenvalue weighted by Crippen LogP contribution is -2.24. The van der Waals surface area contributed by atoms with E-state index in [1.54, 1.807) is 6.92 Å². The van der Waals surface area contributed by atoms with E-state index in [0.29, 0.717) is 6.42 Å². The van der Waals surface area contributed by atoms with Gasteiger partial charge in [0.1, 0.15) is 0 Å². The first kappa shape index (κ1) is 8.56. The van der Waals surface area contributed by atoms with Crippen molar-refractivity contribution in [3.63, 3.8) is 0 Å². The fraction of sp³-hybridized carbons (Fsp3) is 0.667. The van der Waals surface area contributed by atoms with Gasteiger partial charge in [0.05, 0.1) is 6.54 Å². The van der Waals surface area contributed by atoms with E-state index in [0.717, 1.165) is 6.08 Å². The molecule has 3 heteroatoms. The zero-order valence-electron chi connectivity index (χ0n) is 5.40. The highest BCUT2D eigenvalue weighted by Crippen LogP contribution is 2.12. The molecule has 54 valence electrons. The average molecular weight is 135 g/mol. The molecule has 0 spiro atoms. The van der Waals surface area contributed by atoms with E-state index in [9.17, 15) is 8.78 Å². The third kappa shape index (κ3) is 4.09. The van der Waals surface area contributed by atoms with Crippen LogP contribution in [0.1, 0.15) is 13.3 Å². The van der Waals surface area contributed by atoms with Gasteiger partial charge in [0.15, 0.2) is 0 Å². The van der Waals surface area contributed by atoms with Crippen molar-refractivity contribution < 1.29 is 8.78 Å². The highest BCUT2D eigenvalue weighted by atomic mass is 19.3. The Labute approximate surface area is 53.5 Å². The fourth-order valence-electron chi connectivity index (χ4n) is 0.358. The van der Waals surface area contributed by atoms with E-state index >= 15 is 0 Å². The zero-order chi connectivity index (χ0) is 7.33. The van der Waals surface area contributed by atoms with Crippen molar-refractivity contribution in [3.05, 3.63) is 12.2 Å². The van der Waals surface area contributed by atoms with Crippen LogP contribution in [0.5, 0.6) is 0 Å². The lowest BCUT2D eigenvalue weighted by molar-refractivity contribution is 0.0650. The lowest BCUT2D eigenvalue weighted by atomic mass is 10.3. The highest BCUT2D eigenvalue weighted by Gasteiger charge is 2.20. The maximum Gasteiger partial charge on any atom is 0.278 e. The molecule has 0 unspecified atom stereocenters. The summed E-state index contributed by atoms with van der Waals surface area (Å²) in [5, 5.41) is 0. The molecule has 0 aromatic rings. The quantitative estimate of drug-likeness (QED) is 0.584. The topological polar surface area (TPSA) is 26.0 Å². The molecule has 0 radical (unpaired) electrons. The number of halogens is 2. The second-order valence-electron chi connectivity index (χ2n) is 1.78. The number of alkyl halides is 2. The summed E-state index contributed by atoms with van der Waals surface area (Å²) in [5.74, 6) is -2.81. The van der Waals surface area contributed by atoms with Crippen LogP contribution in [0.15, 0.2) is 12.2 Å². The molecule has 0 atom stereocenters. The molecule has 9 heavy (non-hydrogen) atoms. The molecular formula is C6H11F2N. The summed E-state index contributed by atoms with van der Waals surface area (Å²) in [7, 11) is 0. The van der Waals surface area contributed by atoms with Gasteiger partial charge in [-0.3, -0.25) is 0 Å². The van der Waals surface area contributed by atoms with Crippen molar-refractivity contribution in [3.8, 4) is 0 Å². The van der Waals surface area contributed by atoms with Gasteiger partial charge < -0.3 is 5.73 Å². The number of nitrogens with two attached hydrogens (primary N) is 1. The van der Waals surface area contributed by atoms with Gasteiger partial charge in [0, 0.05) is 0 Å². The van der Waals surface area contributed by atoms with E-state index in [-0.39, 0.29) is 0 Å². The van der Waals surface area contributed by atoms with Crippen LogP contribution < -0.4 is 5.73 Å². The van der Waals surface area contributed by atoms with Crippen LogP contribution in [0.25, 0.3) is 0 Å². The molecule has 0 aliphatic carbocycles. The van der Waals surface area contributed by atoms with E-state index < -0.39 is 12.5 Å². The van der Waals surface area contributed by atoms with Gasteiger partial charge in [-0.05, 0) is 12.5 Å². The number of hydrogen-bond donors (Lipinski definition) is 1. The van der Waals surface area contributed by atoms with E-state index in [4.69, 9.17) is 5.73 Å². The molecule has 1 nitrogen and oxygen atoms in total. The molecule has 2 N–H and O–H groups in total. The van der Waals surface area contributed by atoms with Gasteiger partial charge >= 0.3 is 0 Å². The van der Waals surface area contributed by atoms with Crippen molar-refractivity contribution in [1.82, 2.24) is 0 Å². The molecular weight excluding hydrogens is 124 g/mol. The third-order valence-corrected chi connectivity index (χ3v) is 0.870. The molecule has 0 aliphatic heterocycles. The maximum atomic E-state index is 12.1. The standard InChI is InChI=1S/C6H11F2N/c1-2-3-4-6(7,8)5-9/h3-4H,2,5,9H2,1H3/b4-3+. The molecule has 0 bridgehead atoms. The van der Waals surface area contributed by atoms with Crippen LogP contribution in [-0.2, 0) is 0 Å². The molecule has 0 aromatic carbocycles. The van der Waals surface area contributed by atoms with E-state index in [1.807, 2.05) is 0 Å². The van der Waals surface area contributed by atoms with Crippen LogP contribution in [-0.4, -0.2) is 12.5 Å². The molecule has 0 aliphatic rings. The van der Waals surface area contributed by atoms with Crippen molar-refractivity contribution in [2.24, 2.45) is 5.73 Å². The summed E-state index contributed by atoms with van der Waals surface area (Å²) in [4.78, 5) is 0. The first-order chi connectivity index (χ1) is 4.12. The predicted octanol–water partition coefficient (Wildman–Crippen LogP) is 1.55. The highest BCUT2D eigenvalue weighted by molar-refractivity contribution is 4.94. The summed E-state index contributed by atoms with van der Waals surface area (Å²) in [6.07, 6.45) is 2.87. The third-order valence-electron chi connectivity index (χ3n) is 0.870. The first-order valence-corrected chi connectivity index (χ1v) is 2.88. The Bertz CT molecular complexity index is 99.2. The van der Waals surface area contributed by atoms with Crippen molar-refractivity contribution in [2.45, 2.75) is 19.3 Å². The Morgan fingerprint density at radius 1 is 1.56 bits per heavy atom. The van der Waals surface area contributed by atoms with Crippen molar-refractivity contribution >= 4 is 0 Å². The second-order valence-corrected chi connectivity index (χ2v) is 1.78. The smallest absolute Gasteiger partial charge is 0.278 e. The molecule has 0 fully saturated rings. The monoisotopic (exact) mass is 135 g/mol. The van der Waals surface area contributed by atoms with Gasteiger partial charge in [0.2, 0.25) is 0 Å². The molecule has 0 aromatic heterocycles. The second kappa shape index (κ2) is 3.56. The van der Waals surface area contributed by atoms with E-state index in [1.165, 1.54) is 6.08 Å². The molecule has 0 rings (SSSR count). The molecule has 0 saturated carbocycles. The largest absolute Gasteiger partial charge is 0.325 e. The Hall–Kier alpha value is -0.440. The lowest BCUT2D eigenvalue weighted by Gasteiger charge is -2.05. The zero-order valence-corrected chi connectivity index (χ0v) is 5.40. The number of hydrogen-bond acceptors (Lipinski definition) is 1. The maximum absolute atomic E-state index is 12.1. The van der Waals surface area contributed by atoms with Gasteiger partial charge in [-0.15, -0.1) is 0 Å². The summed E-state index contributed by atoms with van der Waals surface area (Å²) in [5.41, 5.74) is 4.75. The van der Waals surface area contributed by atoms with Gasteiger partial charge in [-0.1, -0.05) is 13.0 Å². The van der Waals surface area contributed by atoms with E-state index in [2.05, 4.69) is 0 Å². The van der Waals surface area contributed by atoms with Gasteiger partial charge in [-0.25, -0.2) is 8.78 Å². The summed E-state index contributed by atoms with van der Waals surface area (Å²) in [6, 6.07) is 0. The summed E-state index contributed by atoms with van der Waals surface area (Å²) >= 11 is 0. The summed E-state index contributed by atoms with van der Waals surface area (Å²) < 4.78 is 24.3. The minimum absolute atomic E-state index is 0.608. The predicted molar refractivity (Wildman–Crippen MR) is 33.4 cm³/mol. The van der Waals surface area contributed by atoms with Crippen LogP contribution >= 0.6 is 0 Å². The Morgan fingerprint density at radius 2 is 2.11 bits per heavy atom. The van der Waals surface area contributed by atoms with Crippen LogP contribution in [0.3, 0.4) is 0 Å². The normalized spacial score (nSPS) is 12.9. The van der Waals surface area contributed by atoms with Crippen LogP contribution in [0.4, 0.5) is 8.78 Å². The van der Waals surface area contributed by atoms with Crippen molar-refractivity contribution in [2.75, 3.05) is 6.54 Å². The molecule has 0 heterocycles. The summed E-state index contributed by atoms with van der Waals surface area (Å²) in [6.45, 7) is 1.19. The van der Waals surface area contributed by atoms with Gasteiger partial charge in [0.25, 0.3) is 5.92 Å². The fourth-order valence-corrected chi connectivity index (χ4v) is 0.358. The van der Waals surface area contributed by atoms with Crippen LogP contribution in [0, 0.1) is 0 Å². The Morgan fingerprint density at radius 3 is 2.44 bits per heavy atom.